The lowest BCUT2D eigenvalue weighted by atomic mass is 10.2. The fraction of sp³-hybridized carbons (Fsp3) is 0.467. The predicted octanol–water partition coefficient (Wildman–Crippen LogP) is 1.76. The van der Waals surface area contributed by atoms with E-state index >= 15 is 0 Å². The Hall–Kier alpha value is -2.28. The molecule has 0 saturated carbocycles. The zero-order valence-electron chi connectivity index (χ0n) is 13.0. The molecule has 0 aliphatic rings. The third kappa shape index (κ3) is 7.49. The summed E-state index contributed by atoms with van der Waals surface area (Å²) in [5.74, 6) is 0. The fourth-order valence-corrected chi connectivity index (χ4v) is 1.48. The highest BCUT2D eigenvalue weighted by molar-refractivity contribution is 5.71. The van der Waals surface area contributed by atoms with Gasteiger partial charge in [0, 0.05) is 0 Å². The van der Waals surface area contributed by atoms with Crippen molar-refractivity contribution in [3.05, 3.63) is 35.9 Å². The van der Waals surface area contributed by atoms with Gasteiger partial charge in [-0.1, -0.05) is 30.3 Å². The Bertz CT molecular complexity index is 484. The molecule has 0 heterocycles. The Morgan fingerprint density at radius 3 is 2.27 bits per heavy atom. The van der Waals surface area contributed by atoms with Crippen LogP contribution in [0.4, 0.5) is 9.59 Å². The lowest BCUT2D eigenvalue weighted by Crippen LogP contribution is -2.51. The smallest absolute Gasteiger partial charge is 0.409 e. The van der Waals surface area contributed by atoms with Crippen molar-refractivity contribution in [1.82, 2.24) is 10.6 Å². The number of benzene rings is 1. The molecule has 0 radical (unpaired) electrons. The van der Waals surface area contributed by atoms with Crippen molar-refractivity contribution in [2.45, 2.75) is 39.1 Å². The van der Waals surface area contributed by atoms with E-state index in [4.69, 9.17) is 14.6 Å². The van der Waals surface area contributed by atoms with E-state index in [-0.39, 0.29) is 6.61 Å². The number of carbonyl (C=O) groups is 2. The summed E-state index contributed by atoms with van der Waals surface area (Å²) in [5.41, 5.74) is 0.163. The van der Waals surface area contributed by atoms with Crippen LogP contribution in [-0.4, -0.2) is 35.7 Å². The number of nitrogens with one attached hydrogen (secondary N) is 2. The minimum Gasteiger partial charge on any atom is -0.445 e. The summed E-state index contributed by atoms with van der Waals surface area (Å²) >= 11 is 0. The number of ether oxygens (including phenoxy) is 2. The van der Waals surface area contributed by atoms with Crippen molar-refractivity contribution >= 4 is 12.2 Å². The Kier molecular flexibility index (Phi) is 6.65. The largest absolute Gasteiger partial charge is 0.445 e. The first-order chi connectivity index (χ1) is 10.3. The molecule has 0 saturated heterocycles. The van der Waals surface area contributed by atoms with Crippen LogP contribution in [0.1, 0.15) is 26.3 Å². The second kappa shape index (κ2) is 8.23. The van der Waals surface area contributed by atoms with Gasteiger partial charge in [-0.2, -0.15) is 0 Å². The van der Waals surface area contributed by atoms with Crippen LogP contribution in [0, 0.1) is 0 Å². The van der Waals surface area contributed by atoms with Crippen molar-refractivity contribution in [3.8, 4) is 0 Å². The molecule has 1 aromatic rings. The van der Waals surface area contributed by atoms with Crippen LogP contribution in [0.15, 0.2) is 30.3 Å². The molecular weight excluding hydrogens is 288 g/mol. The fourth-order valence-electron chi connectivity index (χ4n) is 1.48. The highest BCUT2D eigenvalue weighted by atomic mass is 16.6. The van der Waals surface area contributed by atoms with Gasteiger partial charge in [0.05, 0.1) is 6.61 Å². The second-order valence-corrected chi connectivity index (χ2v) is 5.59. The maximum Gasteiger partial charge on any atom is 0.409 e. The van der Waals surface area contributed by atoms with Gasteiger partial charge in [-0.05, 0) is 26.3 Å². The van der Waals surface area contributed by atoms with Crippen LogP contribution < -0.4 is 10.6 Å². The van der Waals surface area contributed by atoms with Crippen molar-refractivity contribution in [2.24, 2.45) is 0 Å². The maximum atomic E-state index is 11.6. The summed E-state index contributed by atoms with van der Waals surface area (Å²) in [4.78, 5) is 23.2. The number of rotatable bonds is 5. The van der Waals surface area contributed by atoms with Gasteiger partial charge in [0.1, 0.15) is 18.4 Å². The van der Waals surface area contributed by atoms with Gasteiger partial charge in [-0.15, -0.1) is 0 Å². The third-order valence-corrected chi connectivity index (χ3v) is 2.38. The molecule has 0 aliphatic carbocycles. The highest BCUT2D eigenvalue weighted by Crippen LogP contribution is 2.06. The minimum atomic E-state index is -0.988. The number of hydrogen-bond donors (Lipinski definition) is 3. The van der Waals surface area contributed by atoms with E-state index in [2.05, 4.69) is 10.6 Å². The van der Waals surface area contributed by atoms with Crippen LogP contribution in [0.5, 0.6) is 0 Å². The van der Waals surface area contributed by atoms with E-state index in [1.807, 2.05) is 30.3 Å². The normalized spacial score (nSPS) is 12.2. The average molecular weight is 310 g/mol. The molecule has 0 spiro atoms. The summed E-state index contributed by atoms with van der Waals surface area (Å²) in [5, 5.41) is 13.8. The van der Waals surface area contributed by atoms with Crippen LogP contribution in [-0.2, 0) is 16.1 Å². The van der Waals surface area contributed by atoms with E-state index in [1.54, 1.807) is 20.8 Å². The first kappa shape index (κ1) is 17.8. The van der Waals surface area contributed by atoms with Gasteiger partial charge < -0.3 is 14.6 Å². The van der Waals surface area contributed by atoms with Crippen molar-refractivity contribution in [3.63, 3.8) is 0 Å². The zero-order valence-corrected chi connectivity index (χ0v) is 13.0. The quantitative estimate of drug-likeness (QED) is 0.720. The molecule has 0 fully saturated rings. The Labute approximate surface area is 129 Å². The van der Waals surface area contributed by atoms with Crippen LogP contribution in [0.2, 0.25) is 0 Å². The molecular formula is C15H22N2O5. The maximum absolute atomic E-state index is 11.6. The predicted molar refractivity (Wildman–Crippen MR) is 80.0 cm³/mol. The number of aliphatic hydroxyl groups excluding tert-OH is 1. The second-order valence-electron chi connectivity index (χ2n) is 5.59. The average Bonchev–Trinajstić information content (AvgIpc) is 2.43. The van der Waals surface area contributed by atoms with Crippen LogP contribution >= 0.6 is 0 Å². The summed E-state index contributed by atoms with van der Waals surface area (Å²) in [6.45, 7) is 4.74. The first-order valence-corrected chi connectivity index (χ1v) is 6.88. The molecule has 1 rings (SSSR count). The number of alkyl carbamates (subject to hydrolysis) is 2. The summed E-state index contributed by atoms with van der Waals surface area (Å²) in [7, 11) is 0. The monoisotopic (exact) mass is 310 g/mol. The molecule has 7 nitrogen and oxygen atoms in total. The Morgan fingerprint density at radius 1 is 1.14 bits per heavy atom. The SMILES string of the molecule is CC(C)(C)OC(=O)NC(CO)NC(=O)OCc1ccccc1. The van der Waals surface area contributed by atoms with E-state index in [0.717, 1.165) is 5.56 Å². The number of carbonyl (C=O) groups excluding carboxylic acids is 2. The molecule has 122 valence electrons. The molecule has 0 aliphatic heterocycles. The molecule has 0 bridgehead atoms. The first-order valence-electron chi connectivity index (χ1n) is 6.88. The van der Waals surface area contributed by atoms with Gasteiger partial charge in [-0.25, -0.2) is 9.59 Å². The Morgan fingerprint density at radius 2 is 1.73 bits per heavy atom. The number of hydrogen-bond acceptors (Lipinski definition) is 5. The van der Waals surface area contributed by atoms with E-state index in [1.165, 1.54) is 0 Å². The van der Waals surface area contributed by atoms with Gasteiger partial charge >= 0.3 is 12.2 Å². The molecule has 0 aromatic heterocycles. The highest BCUT2D eigenvalue weighted by Gasteiger charge is 2.20. The minimum absolute atomic E-state index is 0.0945. The van der Waals surface area contributed by atoms with Crippen LogP contribution in [0.25, 0.3) is 0 Å². The molecule has 2 amide bonds. The van der Waals surface area contributed by atoms with Gasteiger partial charge in [-0.3, -0.25) is 10.6 Å². The summed E-state index contributed by atoms with van der Waals surface area (Å²) in [6.07, 6.45) is -2.48. The van der Waals surface area contributed by atoms with Gasteiger partial charge in [0.2, 0.25) is 0 Å². The molecule has 1 aromatic carbocycles. The standard InChI is InChI=1S/C15H22N2O5/c1-15(2,3)22-14(20)17-12(9-18)16-13(19)21-10-11-7-5-4-6-8-11/h4-8,12,18H,9-10H2,1-3H3,(H,16,19)(H,17,20). The summed E-state index contributed by atoms with van der Waals surface area (Å²) in [6, 6.07) is 9.15. The van der Waals surface area contributed by atoms with E-state index in [9.17, 15) is 9.59 Å². The van der Waals surface area contributed by atoms with Crippen molar-refractivity contribution in [2.75, 3.05) is 6.61 Å². The molecule has 1 unspecified atom stereocenters. The lowest BCUT2D eigenvalue weighted by molar-refractivity contribution is 0.0464. The number of amides is 2. The van der Waals surface area contributed by atoms with Crippen molar-refractivity contribution < 1.29 is 24.2 Å². The molecule has 7 heteroatoms. The van der Waals surface area contributed by atoms with E-state index in [0.29, 0.717) is 0 Å². The van der Waals surface area contributed by atoms with E-state index < -0.39 is 30.6 Å². The van der Waals surface area contributed by atoms with Gasteiger partial charge in [0.25, 0.3) is 0 Å². The van der Waals surface area contributed by atoms with Crippen LogP contribution in [0.3, 0.4) is 0 Å². The molecule has 22 heavy (non-hydrogen) atoms. The van der Waals surface area contributed by atoms with Crippen molar-refractivity contribution in [1.29, 1.82) is 0 Å². The topological polar surface area (TPSA) is 96.9 Å². The van der Waals surface area contributed by atoms with Gasteiger partial charge in [0.15, 0.2) is 0 Å². The lowest BCUT2D eigenvalue weighted by Gasteiger charge is -2.23. The molecule has 1 atom stereocenters. The molecule has 3 N–H and O–H groups in total. The third-order valence-electron chi connectivity index (χ3n) is 2.38. The Balaban J connectivity index is 2.38. The zero-order chi connectivity index (χ0) is 16.6. The number of aliphatic hydroxyl groups is 1. The summed E-state index contributed by atoms with van der Waals surface area (Å²) < 4.78 is 10.0.